The van der Waals surface area contributed by atoms with E-state index in [9.17, 15) is 13.2 Å². The van der Waals surface area contributed by atoms with Gasteiger partial charge in [0.1, 0.15) is 0 Å². The van der Waals surface area contributed by atoms with Gasteiger partial charge >= 0.3 is 0 Å². The van der Waals surface area contributed by atoms with Crippen molar-refractivity contribution in [1.82, 2.24) is 9.71 Å². The molecule has 0 unspecified atom stereocenters. The minimum absolute atomic E-state index is 0.000235. The molecule has 2 aromatic rings. The predicted octanol–water partition coefficient (Wildman–Crippen LogP) is 3.12. The van der Waals surface area contributed by atoms with E-state index in [0.717, 1.165) is 15.9 Å². The highest BCUT2D eigenvalue weighted by atomic mass is 32.2. The van der Waals surface area contributed by atoms with E-state index in [1.807, 2.05) is 18.2 Å². The summed E-state index contributed by atoms with van der Waals surface area (Å²) in [6.45, 7) is 3.33. The second-order valence-corrected chi connectivity index (χ2v) is 9.94. The number of anilines is 1. The number of rotatable bonds is 5. The first-order valence-electron chi connectivity index (χ1n) is 8.50. The highest BCUT2D eigenvalue weighted by Crippen LogP contribution is 2.27. The Hall–Kier alpha value is -1.51. The van der Waals surface area contributed by atoms with Crippen molar-refractivity contribution in [3.63, 3.8) is 0 Å². The number of amides is 1. The molecule has 0 aliphatic heterocycles. The van der Waals surface area contributed by atoms with E-state index in [1.165, 1.54) is 0 Å². The molecule has 1 fully saturated rings. The molecule has 1 aliphatic rings. The van der Waals surface area contributed by atoms with E-state index in [1.54, 1.807) is 30.7 Å². The van der Waals surface area contributed by atoms with Crippen molar-refractivity contribution in [2.24, 2.45) is 5.92 Å². The number of hydrogen-bond acceptors (Lipinski definition) is 5. The van der Waals surface area contributed by atoms with Gasteiger partial charge in [0.05, 0.1) is 21.0 Å². The van der Waals surface area contributed by atoms with Gasteiger partial charge < -0.3 is 5.32 Å². The summed E-state index contributed by atoms with van der Waals surface area (Å²) in [6.07, 6.45) is 2.76. The molecule has 0 atom stereocenters. The second kappa shape index (κ2) is 7.39. The van der Waals surface area contributed by atoms with Gasteiger partial charge in [0.15, 0.2) is 0 Å². The molecule has 0 bridgehead atoms. The standard InChI is InChI=1S/C17H23N3O3S2/c1-11(2)25(22,23)20-13-5-3-12(4-6-13)17(21)19-14-7-8-16-15(9-14)18-10-24-16/h7-13,20H,3-6H2,1-2H3,(H,19,21). The minimum atomic E-state index is -3.26. The summed E-state index contributed by atoms with van der Waals surface area (Å²) in [5, 5.41) is 2.53. The molecule has 6 nitrogen and oxygen atoms in total. The first kappa shape index (κ1) is 18.3. The van der Waals surface area contributed by atoms with Gasteiger partial charge in [0, 0.05) is 17.6 Å². The lowest BCUT2D eigenvalue weighted by Gasteiger charge is -2.28. The van der Waals surface area contributed by atoms with E-state index in [-0.39, 0.29) is 17.9 Å². The zero-order chi connectivity index (χ0) is 18.0. The molecular weight excluding hydrogens is 358 g/mol. The van der Waals surface area contributed by atoms with Gasteiger partial charge in [-0.15, -0.1) is 11.3 Å². The van der Waals surface area contributed by atoms with Gasteiger partial charge in [-0.05, 0) is 57.7 Å². The average Bonchev–Trinajstić information content (AvgIpc) is 3.02. The summed E-state index contributed by atoms with van der Waals surface area (Å²) in [6, 6.07) is 5.66. The number of hydrogen-bond donors (Lipinski definition) is 2. The second-order valence-electron chi connectivity index (χ2n) is 6.78. The van der Waals surface area contributed by atoms with Crippen LogP contribution in [0, 0.1) is 5.92 Å². The van der Waals surface area contributed by atoms with E-state index >= 15 is 0 Å². The normalized spacial score (nSPS) is 21.6. The van der Waals surface area contributed by atoms with Crippen LogP contribution in [-0.4, -0.2) is 30.6 Å². The number of carbonyl (C=O) groups is 1. The van der Waals surface area contributed by atoms with E-state index in [2.05, 4.69) is 15.0 Å². The van der Waals surface area contributed by atoms with E-state index in [4.69, 9.17) is 0 Å². The fourth-order valence-electron chi connectivity index (χ4n) is 3.02. The molecule has 1 aliphatic carbocycles. The van der Waals surface area contributed by atoms with Crippen molar-refractivity contribution < 1.29 is 13.2 Å². The van der Waals surface area contributed by atoms with Crippen LogP contribution in [0.4, 0.5) is 5.69 Å². The summed E-state index contributed by atoms with van der Waals surface area (Å²) in [7, 11) is -3.26. The van der Waals surface area contributed by atoms with Crippen LogP contribution in [0.5, 0.6) is 0 Å². The molecule has 25 heavy (non-hydrogen) atoms. The van der Waals surface area contributed by atoms with Gasteiger partial charge in [0.25, 0.3) is 0 Å². The maximum atomic E-state index is 12.5. The number of carbonyl (C=O) groups excluding carboxylic acids is 1. The monoisotopic (exact) mass is 381 g/mol. The molecular formula is C17H23N3O3S2. The largest absolute Gasteiger partial charge is 0.326 e. The Balaban J connectivity index is 1.54. The first-order valence-corrected chi connectivity index (χ1v) is 10.9. The third-order valence-corrected chi connectivity index (χ3v) is 7.36. The van der Waals surface area contributed by atoms with Gasteiger partial charge in [-0.2, -0.15) is 0 Å². The maximum absolute atomic E-state index is 12.5. The highest BCUT2D eigenvalue weighted by Gasteiger charge is 2.29. The lowest BCUT2D eigenvalue weighted by atomic mass is 9.86. The zero-order valence-corrected chi connectivity index (χ0v) is 16.0. The number of nitrogens with one attached hydrogen (secondary N) is 2. The van der Waals surface area contributed by atoms with Crippen LogP contribution in [0.1, 0.15) is 39.5 Å². The summed E-state index contributed by atoms with van der Waals surface area (Å²) in [5.41, 5.74) is 3.43. The fourth-order valence-corrected chi connectivity index (χ4v) is 4.65. The van der Waals surface area contributed by atoms with Gasteiger partial charge in [-0.1, -0.05) is 0 Å². The average molecular weight is 382 g/mol. The summed E-state index contributed by atoms with van der Waals surface area (Å²) in [5.74, 6) is -0.0781. The van der Waals surface area contributed by atoms with Crippen molar-refractivity contribution in [2.75, 3.05) is 5.32 Å². The third kappa shape index (κ3) is 4.37. The number of sulfonamides is 1. The van der Waals surface area contributed by atoms with Crippen LogP contribution in [-0.2, 0) is 14.8 Å². The zero-order valence-electron chi connectivity index (χ0n) is 14.4. The quantitative estimate of drug-likeness (QED) is 0.833. The summed E-state index contributed by atoms with van der Waals surface area (Å²) in [4.78, 5) is 16.7. The van der Waals surface area contributed by atoms with Crippen LogP contribution in [0.2, 0.25) is 0 Å². The fraction of sp³-hybridized carbons (Fsp3) is 0.529. The highest BCUT2D eigenvalue weighted by molar-refractivity contribution is 7.90. The molecule has 1 amide bonds. The molecule has 1 saturated carbocycles. The Labute approximate surface area is 152 Å². The maximum Gasteiger partial charge on any atom is 0.227 e. The number of aromatic nitrogens is 1. The molecule has 0 saturated heterocycles. The van der Waals surface area contributed by atoms with E-state index < -0.39 is 15.3 Å². The van der Waals surface area contributed by atoms with Gasteiger partial charge in [-0.3, -0.25) is 4.79 Å². The molecule has 0 spiro atoms. The Morgan fingerprint density at radius 3 is 2.64 bits per heavy atom. The van der Waals surface area contributed by atoms with Crippen LogP contribution >= 0.6 is 11.3 Å². The van der Waals surface area contributed by atoms with Crippen molar-refractivity contribution >= 4 is 43.2 Å². The SMILES string of the molecule is CC(C)S(=O)(=O)NC1CCC(C(=O)Nc2ccc3scnc3c2)CC1. The Kier molecular flexibility index (Phi) is 5.41. The topological polar surface area (TPSA) is 88.2 Å². The van der Waals surface area contributed by atoms with Gasteiger partial charge in [0.2, 0.25) is 15.9 Å². The summed E-state index contributed by atoms with van der Waals surface area (Å²) >= 11 is 1.57. The van der Waals surface area contributed by atoms with Crippen molar-refractivity contribution in [1.29, 1.82) is 0 Å². The lowest BCUT2D eigenvalue weighted by Crippen LogP contribution is -2.42. The van der Waals surface area contributed by atoms with Crippen LogP contribution in [0.15, 0.2) is 23.7 Å². The van der Waals surface area contributed by atoms with Crippen molar-refractivity contribution in [3.8, 4) is 0 Å². The molecule has 1 heterocycles. The minimum Gasteiger partial charge on any atom is -0.326 e. The molecule has 2 N–H and O–H groups in total. The summed E-state index contributed by atoms with van der Waals surface area (Å²) < 4.78 is 27.7. The first-order chi connectivity index (χ1) is 11.8. The van der Waals surface area contributed by atoms with Gasteiger partial charge in [-0.25, -0.2) is 18.1 Å². The molecule has 136 valence electrons. The van der Waals surface area contributed by atoms with Crippen molar-refractivity contribution in [3.05, 3.63) is 23.7 Å². The molecule has 3 rings (SSSR count). The Morgan fingerprint density at radius 1 is 1.24 bits per heavy atom. The van der Waals surface area contributed by atoms with Crippen LogP contribution in [0.25, 0.3) is 10.2 Å². The Morgan fingerprint density at radius 2 is 1.96 bits per heavy atom. The number of thiazole rings is 1. The van der Waals surface area contributed by atoms with Crippen molar-refractivity contribution in [2.45, 2.75) is 50.8 Å². The molecule has 1 aromatic carbocycles. The molecule has 8 heteroatoms. The molecule has 1 aromatic heterocycles. The van der Waals surface area contributed by atoms with Crippen LogP contribution < -0.4 is 10.0 Å². The van der Waals surface area contributed by atoms with E-state index in [0.29, 0.717) is 25.7 Å². The molecule has 0 radical (unpaired) electrons. The lowest BCUT2D eigenvalue weighted by molar-refractivity contribution is -0.120. The number of fused-ring (bicyclic) bond motifs is 1. The smallest absolute Gasteiger partial charge is 0.227 e. The van der Waals surface area contributed by atoms with Crippen LogP contribution in [0.3, 0.4) is 0 Å². The predicted molar refractivity (Wildman–Crippen MR) is 101 cm³/mol. The number of nitrogens with zero attached hydrogens (tertiary/aromatic N) is 1. The number of benzene rings is 1. The third-order valence-electron chi connectivity index (χ3n) is 4.65. The Bertz CT molecular complexity index is 853.